The summed E-state index contributed by atoms with van der Waals surface area (Å²) < 4.78 is 11.8. The minimum absolute atomic E-state index is 0.463. The van der Waals surface area contributed by atoms with Gasteiger partial charge in [-0.05, 0) is 53.8 Å². The maximum atomic E-state index is 6.00. The van der Waals surface area contributed by atoms with Crippen molar-refractivity contribution in [3.63, 3.8) is 0 Å². The van der Waals surface area contributed by atoms with Gasteiger partial charge in [-0.1, -0.05) is 66.2 Å². The maximum absolute atomic E-state index is 6.00. The molecule has 4 aromatic carbocycles. The monoisotopic (exact) mass is 417 g/mol. The van der Waals surface area contributed by atoms with Crippen LogP contribution in [-0.2, 0) is 13.2 Å². The first kappa shape index (κ1) is 20.1. The predicted octanol–water partition coefficient (Wildman–Crippen LogP) is 7.08. The van der Waals surface area contributed by atoms with Crippen molar-refractivity contribution in [3.05, 3.63) is 101 Å². The van der Waals surface area contributed by atoms with Gasteiger partial charge in [-0.15, -0.1) is 0 Å². The highest BCUT2D eigenvalue weighted by Gasteiger charge is 2.08. The van der Waals surface area contributed by atoms with Crippen molar-refractivity contribution in [3.8, 4) is 11.5 Å². The van der Waals surface area contributed by atoms with E-state index in [2.05, 4.69) is 53.8 Å². The number of hydrogen-bond acceptors (Lipinski definition) is 3. The zero-order valence-electron chi connectivity index (χ0n) is 16.9. The average Bonchev–Trinajstić information content (AvgIpc) is 2.78. The van der Waals surface area contributed by atoms with E-state index in [1.165, 1.54) is 10.8 Å². The molecule has 152 valence electrons. The molecular formula is C26H24ClNO2. The molecule has 0 heterocycles. The van der Waals surface area contributed by atoms with E-state index >= 15 is 0 Å². The Morgan fingerprint density at radius 3 is 2.37 bits per heavy atom. The number of rotatable bonds is 8. The minimum Gasteiger partial charge on any atom is -0.490 e. The summed E-state index contributed by atoms with van der Waals surface area (Å²) >= 11 is 5.95. The lowest BCUT2D eigenvalue weighted by molar-refractivity contribution is 0.269. The Morgan fingerprint density at radius 1 is 0.767 bits per heavy atom. The van der Waals surface area contributed by atoms with Gasteiger partial charge in [0.2, 0.25) is 0 Å². The molecule has 0 amide bonds. The van der Waals surface area contributed by atoms with Gasteiger partial charge in [0.25, 0.3) is 0 Å². The van der Waals surface area contributed by atoms with Crippen molar-refractivity contribution in [2.24, 2.45) is 0 Å². The van der Waals surface area contributed by atoms with E-state index < -0.39 is 0 Å². The van der Waals surface area contributed by atoms with Gasteiger partial charge in [-0.2, -0.15) is 0 Å². The topological polar surface area (TPSA) is 30.5 Å². The number of ether oxygens (including phenoxy) is 2. The highest BCUT2D eigenvalue weighted by molar-refractivity contribution is 6.30. The third-order valence-electron chi connectivity index (χ3n) is 4.89. The molecule has 4 heteroatoms. The molecule has 0 aliphatic heterocycles. The Morgan fingerprint density at radius 2 is 1.53 bits per heavy atom. The van der Waals surface area contributed by atoms with Gasteiger partial charge in [-0.25, -0.2) is 0 Å². The highest BCUT2D eigenvalue weighted by Crippen LogP contribution is 2.30. The van der Waals surface area contributed by atoms with E-state index in [-0.39, 0.29) is 0 Å². The number of fused-ring (bicyclic) bond motifs is 1. The summed E-state index contributed by atoms with van der Waals surface area (Å²) in [5.41, 5.74) is 3.31. The van der Waals surface area contributed by atoms with Gasteiger partial charge in [0, 0.05) is 22.6 Å². The minimum atomic E-state index is 0.463. The summed E-state index contributed by atoms with van der Waals surface area (Å²) in [5.74, 6) is 1.49. The van der Waals surface area contributed by atoms with E-state index in [9.17, 15) is 0 Å². The van der Waals surface area contributed by atoms with Crippen molar-refractivity contribution in [2.75, 3.05) is 11.9 Å². The van der Waals surface area contributed by atoms with Crippen LogP contribution in [0.25, 0.3) is 10.8 Å². The van der Waals surface area contributed by atoms with Gasteiger partial charge >= 0.3 is 0 Å². The third kappa shape index (κ3) is 4.87. The Hall–Kier alpha value is -3.17. The van der Waals surface area contributed by atoms with Crippen LogP contribution in [0.1, 0.15) is 18.1 Å². The van der Waals surface area contributed by atoms with E-state index in [1.54, 1.807) is 0 Å². The predicted molar refractivity (Wildman–Crippen MR) is 125 cm³/mol. The largest absolute Gasteiger partial charge is 0.490 e. The molecule has 3 nitrogen and oxygen atoms in total. The fourth-order valence-corrected chi connectivity index (χ4v) is 3.49. The van der Waals surface area contributed by atoms with Crippen molar-refractivity contribution >= 4 is 28.1 Å². The molecule has 0 spiro atoms. The van der Waals surface area contributed by atoms with Crippen molar-refractivity contribution in [2.45, 2.75) is 20.1 Å². The van der Waals surface area contributed by atoms with Crippen molar-refractivity contribution < 1.29 is 9.47 Å². The normalized spacial score (nSPS) is 10.7. The van der Waals surface area contributed by atoms with Gasteiger partial charge in [0.1, 0.15) is 6.61 Å². The summed E-state index contributed by atoms with van der Waals surface area (Å²) in [6.07, 6.45) is 0. The number of benzene rings is 4. The van der Waals surface area contributed by atoms with Crippen LogP contribution < -0.4 is 14.8 Å². The summed E-state index contributed by atoms with van der Waals surface area (Å²) in [4.78, 5) is 0. The molecule has 1 N–H and O–H groups in total. The fraction of sp³-hybridized carbons (Fsp3) is 0.154. The molecule has 4 rings (SSSR count). The zero-order valence-corrected chi connectivity index (χ0v) is 17.7. The van der Waals surface area contributed by atoms with Crippen LogP contribution in [0.3, 0.4) is 0 Å². The Kier molecular flexibility index (Phi) is 6.41. The van der Waals surface area contributed by atoms with Crippen LogP contribution in [-0.4, -0.2) is 6.61 Å². The quantitative estimate of drug-likeness (QED) is 0.332. The number of nitrogens with one attached hydrogen (secondary N) is 1. The smallest absolute Gasteiger partial charge is 0.161 e. The number of halogens is 1. The van der Waals surface area contributed by atoms with E-state index in [0.717, 1.165) is 33.3 Å². The molecule has 0 atom stereocenters. The molecule has 0 aliphatic carbocycles. The highest BCUT2D eigenvalue weighted by atomic mass is 35.5. The molecule has 0 unspecified atom stereocenters. The molecule has 0 saturated carbocycles. The maximum Gasteiger partial charge on any atom is 0.161 e. The SMILES string of the molecule is CCOc1cc(CNc2cccc3ccccc23)ccc1OCc1ccc(Cl)cc1. The van der Waals surface area contributed by atoms with Crippen LogP contribution in [0.5, 0.6) is 11.5 Å². The third-order valence-corrected chi connectivity index (χ3v) is 5.14. The number of hydrogen-bond donors (Lipinski definition) is 1. The molecule has 0 saturated heterocycles. The molecule has 0 aliphatic rings. The molecule has 0 radical (unpaired) electrons. The lowest BCUT2D eigenvalue weighted by Gasteiger charge is -2.15. The summed E-state index contributed by atoms with van der Waals surface area (Å²) in [6, 6.07) is 28.4. The van der Waals surface area contributed by atoms with Crippen LogP contribution in [0.15, 0.2) is 84.9 Å². The average molecular weight is 418 g/mol. The molecule has 4 aromatic rings. The van der Waals surface area contributed by atoms with E-state index in [0.29, 0.717) is 19.8 Å². The molecule has 0 fully saturated rings. The first-order valence-electron chi connectivity index (χ1n) is 10.1. The Bertz CT molecular complexity index is 1120. The first-order chi connectivity index (χ1) is 14.7. The van der Waals surface area contributed by atoms with Crippen molar-refractivity contribution in [1.29, 1.82) is 0 Å². The zero-order chi connectivity index (χ0) is 20.8. The van der Waals surface area contributed by atoms with Crippen LogP contribution in [0.4, 0.5) is 5.69 Å². The first-order valence-corrected chi connectivity index (χ1v) is 10.5. The second-order valence-corrected chi connectivity index (χ2v) is 7.45. The lowest BCUT2D eigenvalue weighted by Crippen LogP contribution is -2.03. The second-order valence-electron chi connectivity index (χ2n) is 7.01. The molecule has 0 bridgehead atoms. The standard InChI is InChI=1S/C26H24ClNO2/c1-2-29-26-16-20(12-15-25(26)30-18-19-10-13-22(27)14-11-19)17-28-24-9-5-7-21-6-3-4-8-23(21)24/h3-16,28H,2,17-18H2,1H3. The van der Waals surface area contributed by atoms with Gasteiger partial charge in [0.05, 0.1) is 6.61 Å². The van der Waals surface area contributed by atoms with Gasteiger partial charge in [0.15, 0.2) is 11.5 Å². The summed E-state index contributed by atoms with van der Waals surface area (Å²) in [6.45, 7) is 3.72. The molecule has 0 aromatic heterocycles. The fourth-order valence-electron chi connectivity index (χ4n) is 3.37. The van der Waals surface area contributed by atoms with Crippen molar-refractivity contribution in [1.82, 2.24) is 0 Å². The van der Waals surface area contributed by atoms with E-state index in [1.807, 2.05) is 43.3 Å². The van der Waals surface area contributed by atoms with E-state index in [4.69, 9.17) is 21.1 Å². The van der Waals surface area contributed by atoms with Crippen LogP contribution in [0, 0.1) is 0 Å². The lowest BCUT2D eigenvalue weighted by atomic mass is 10.1. The molecular weight excluding hydrogens is 394 g/mol. The van der Waals surface area contributed by atoms with Crippen LogP contribution >= 0.6 is 11.6 Å². The Balaban J connectivity index is 1.47. The molecule has 30 heavy (non-hydrogen) atoms. The summed E-state index contributed by atoms with van der Waals surface area (Å²) in [5, 5.41) is 6.71. The number of anilines is 1. The van der Waals surface area contributed by atoms with Crippen LogP contribution in [0.2, 0.25) is 5.02 Å². The second kappa shape index (κ2) is 9.55. The Labute approximate surface area is 182 Å². The summed E-state index contributed by atoms with van der Waals surface area (Å²) in [7, 11) is 0. The van der Waals surface area contributed by atoms with Gasteiger partial charge < -0.3 is 14.8 Å². The van der Waals surface area contributed by atoms with Gasteiger partial charge in [-0.3, -0.25) is 0 Å².